The number of carbonyl (C=O) groups is 1. The lowest BCUT2D eigenvalue weighted by molar-refractivity contribution is -0.132. The van der Waals surface area contributed by atoms with Gasteiger partial charge in [-0.25, -0.2) is 4.98 Å². The van der Waals surface area contributed by atoms with Crippen LogP contribution in [0.5, 0.6) is 0 Å². The van der Waals surface area contributed by atoms with E-state index in [1.54, 1.807) is 15.9 Å². The molecule has 0 N–H and O–H groups in total. The maximum absolute atomic E-state index is 13.6. The molecule has 2 aliphatic rings. The Bertz CT molecular complexity index is 1130. The first kappa shape index (κ1) is 19.8. The third kappa shape index (κ3) is 3.68. The third-order valence-corrected chi connectivity index (χ3v) is 7.77. The SMILES string of the molecule is O=C(CSc1nc2sc3c(c2c(=O)n1-c1ccccc1)CCCC3)N1CCOCC1. The Labute approximate surface area is 182 Å². The largest absolute Gasteiger partial charge is 0.378 e. The molecule has 2 aromatic heterocycles. The molecule has 0 saturated carbocycles. The number of amides is 1. The standard InChI is InChI=1S/C22H23N3O3S2/c26-18(24-10-12-28-13-11-24)14-29-22-23-20-19(16-8-4-5-9-17(16)30-20)21(27)25(22)15-6-2-1-3-7-15/h1-3,6-7H,4-5,8-14H2. The third-order valence-electron chi connectivity index (χ3n) is 5.66. The first-order valence-corrected chi connectivity index (χ1v) is 12.1. The highest BCUT2D eigenvalue weighted by Crippen LogP contribution is 2.35. The lowest BCUT2D eigenvalue weighted by Gasteiger charge is -2.26. The second kappa shape index (κ2) is 8.53. The van der Waals surface area contributed by atoms with Gasteiger partial charge >= 0.3 is 0 Å². The number of rotatable bonds is 4. The molecule has 156 valence electrons. The molecule has 1 aromatic carbocycles. The summed E-state index contributed by atoms with van der Waals surface area (Å²) in [6, 6.07) is 9.61. The highest BCUT2D eigenvalue weighted by molar-refractivity contribution is 7.99. The average Bonchev–Trinajstić information content (AvgIpc) is 3.17. The van der Waals surface area contributed by atoms with Gasteiger partial charge in [-0.05, 0) is 43.4 Å². The van der Waals surface area contributed by atoms with Crippen molar-refractivity contribution in [2.45, 2.75) is 30.8 Å². The van der Waals surface area contributed by atoms with Crippen LogP contribution in [0.3, 0.4) is 0 Å². The Morgan fingerprint density at radius 2 is 1.90 bits per heavy atom. The van der Waals surface area contributed by atoms with Gasteiger partial charge in [0, 0.05) is 18.0 Å². The van der Waals surface area contributed by atoms with Crippen LogP contribution in [0, 0.1) is 0 Å². The van der Waals surface area contributed by atoms with E-state index in [1.165, 1.54) is 28.6 Å². The Hall–Kier alpha value is -2.16. The minimum Gasteiger partial charge on any atom is -0.378 e. The normalized spacial score (nSPS) is 16.6. The first-order chi connectivity index (χ1) is 14.7. The number of thiophene rings is 1. The zero-order valence-corrected chi connectivity index (χ0v) is 18.3. The molecule has 0 unspecified atom stereocenters. The Morgan fingerprint density at radius 3 is 2.70 bits per heavy atom. The van der Waals surface area contributed by atoms with Gasteiger partial charge in [0.2, 0.25) is 5.91 Å². The van der Waals surface area contributed by atoms with Crippen molar-refractivity contribution in [3.63, 3.8) is 0 Å². The van der Waals surface area contributed by atoms with Crippen LogP contribution in [-0.4, -0.2) is 52.4 Å². The van der Waals surface area contributed by atoms with E-state index in [1.807, 2.05) is 35.2 Å². The first-order valence-electron chi connectivity index (χ1n) is 10.3. The van der Waals surface area contributed by atoms with Crippen LogP contribution in [0.15, 0.2) is 40.3 Å². The lowest BCUT2D eigenvalue weighted by atomic mass is 9.97. The van der Waals surface area contributed by atoms with Gasteiger partial charge in [0.1, 0.15) is 4.83 Å². The number of ether oxygens (including phenoxy) is 1. The van der Waals surface area contributed by atoms with Crippen molar-refractivity contribution in [1.82, 2.24) is 14.5 Å². The number of carbonyl (C=O) groups excluding carboxylic acids is 1. The minimum absolute atomic E-state index is 0.0214. The van der Waals surface area contributed by atoms with Crippen LogP contribution in [0.2, 0.25) is 0 Å². The van der Waals surface area contributed by atoms with Gasteiger partial charge in [-0.1, -0.05) is 30.0 Å². The van der Waals surface area contributed by atoms with E-state index < -0.39 is 0 Å². The van der Waals surface area contributed by atoms with E-state index in [9.17, 15) is 9.59 Å². The minimum atomic E-state index is -0.0214. The zero-order chi connectivity index (χ0) is 20.5. The smallest absolute Gasteiger partial charge is 0.267 e. The zero-order valence-electron chi connectivity index (χ0n) is 16.6. The molecule has 1 saturated heterocycles. The monoisotopic (exact) mass is 441 g/mol. The summed E-state index contributed by atoms with van der Waals surface area (Å²) in [7, 11) is 0. The second-order valence-corrected chi connectivity index (χ2v) is 9.57. The summed E-state index contributed by atoms with van der Waals surface area (Å²) in [5.74, 6) is 0.318. The van der Waals surface area contributed by atoms with Crippen LogP contribution in [0.1, 0.15) is 23.3 Å². The molecule has 30 heavy (non-hydrogen) atoms. The number of hydrogen-bond acceptors (Lipinski definition) is 6. The van der Waals surface area contributed by atoms with E-state index in [0.717, 1.165) is 35.2 Å². The molecule has 1 aliphatic heterocycles. The number of fused-ring (bicyclic) bond motifs is 3. The Balaban J connectivity index is 1.56. The van der Waals surface area contributed by atoms with Crippen molar-refractivity contribution in [3.05, 3.63) is 51.1 Å². The molecule has 0 atom stereocenters. The number of thioether (sulfide) groups is 1. The predicted molar refractivity (Wildman–Crippen MR) is 120 cm³/mol. The van der Waals surface area contributed by atoms with Gasteiger partial charge in [0.25, 0.3) is 5.56 Å². The summed E-state index contributed by atoms with van der Waals surface area (Å²) in [5.41, 5.74) is 1.95. The van der Waals surface area contributed by atoms with E-state index in [-0.39, 0.29) is 17.2 Å². The van der Waals surface area contributed by atoms with Gasteiger partial charge in [-0.2, -0.15) is 0 Å². The molecule has 0 spiro atoms. The van der Waals surface area contributed by atoms with Crippen LogP contribution < -0.4 is 5.56 Å². The number of nitrogens with zero attached hydrogens (tertiary/aromatic N) is 3. The molecule has 8 heteroatoms. The number of aromatic nitrogens is 2. The molecular formula is C22H23N3O3S2. The predicted octanol–water partition coefficient (Wildman–Crippen LogP) is 3.28. The van der Waals surface area contributed by atoms with Crippen molar-refractivity contribution in [2.24, 2.45) is 0 Å². The fourth-order valence-electron chi connectivity index (χ4n) is 4.12. The topological polar surface area (TPSA) is 64.4 Å². The number of para-hydroxylation sites is 1. The lowest BCUT2D eigenvalue weighted by Crippen LogP contribution is -2.41. The number of aryl methyl sites for hydroxylation is 2. The molecule has 0 radical (unpaired) electrons. The van der Waals surface area contributed by atoms with Crippen molar-refractivity contribution >= 4 is 39.2 Å². The summed E-state index contributed by atoms with van der Waals surface area (Å²) in [6.07, 6.45) is 4.26. The molecular weight excluding hydrogens is 418 g/mol. The summed E-state index contributed by atoms with van der Waals surface area (Å²) < 4.78 is 7.02. The van der Waals surface area contributed by atoms with Crippen molar-refractivity contribution in [2.75, 3.05) is 32.1 Å². The maximum atomic E-state index is 13.6. The molecule has 5 rings (SSSR count). The van der Waals surface area contributed by atoms with Gasteiger partial charge in [-0.15, -0.1) is 11.3 Å². The molecule has 6 nitrogen and oxygen atoms in total. The quantitative estimate of drug-likeness (QED) is 0.459. The molecule has 3 aromatic rings. The summed E-state index contributed by atoms with van der Waals surface area (Å²) in [5, 5.41) is 1.35. The fourth-order valence-corrected chi connectivity index (χ4v) is 6.34. The summed E-state index contributed by atoms with van der Waals surface area (Å²) >= 11 is 2.99. The van der Waals surface area contributed by atoms with Gasteiger partial charge in [0.05, 0.1) is 30.0 Å². The van der Waals surface area contributed by atoms with E-state index in [0.29, 0.717) is 31.5 Å². The second-order valence-electron chi connectivity index (χ2n) is 7.54. The average molecular weight is 442 g/mol. The number of hydrogen-bond donors (Lipinski definition) is 0. The van der Waals surface area contributed by atoms with Gasteiger partial charge in [-0.3, -0.25) is 14.2 Å². The molecule has 1 aliphatic carbocycles. The number of benzene rings is 1. The van der Waals surface area contributed by atoms with Crippen LogP contribution >= 0.6 is 23.1 Å². The van der Waals surface area contributed by atoms with Crippen LogP contribution in [0.25, 0.3) is 15.9 Å². The highest BCUT2D eigenvalue weighted by Gasteiger charge is 2.24. The molecule has 3 heterocycles. The van der Waals surface area contributed by atoms with Crippen LogP contribution in [-0.2, 0) is 22.4 Å². The fraction of sp³-hybridized carbons (Fsp3) is 0.409. The van der Waals surface area contributed by atoms with Crippen molar-refractivity contribution in [3.8, 4) is 5.69 Å². The maximum Gasteiger partial charge on any atom is 0.267 e. The summed E-state index contributed by atoms with van der Waals surface area (Å²) in [4.78, 5) is 35.1. The van der Waals surface area contributed by atoms with Crippen molar-refractivity contribution < 1.29 is 9.53 Å². The van der Waals surface area contributed by atoms with Crippen LogP contribution in [0.4, 0.5) is 0 Å². The molecule has 1 fully saturated rings. The molecule has 0 bridgehead atoms. The van der Waals surface area contributed by atoms with Gasteiger partial charge < -0.3 is 9.64 Å². The van der Waals surface area contributed by atoms with Gasteiger partial charge in [0.15, 0.2) is 5.16 Å². The Kier molecular flexibility index (Phi) is 5.62. The number of morpholine rings is 1. The summed E-state index contributed by atoms with van der Waals surface area (Å²) in [6.45, 7) is 2.40. The van der Waals surface area contributed by atoms with E-state index in [2.05, 4.69) is 0 Å². The van der Waals surface area contributed by atoms with E-state index >= 15 is 0 Å². The van der Waals surface area contributed by atoms with Crippen molar-refractivity contribution in [1.29, 1.82) is 0 Å². The van der Waals surface area contributed by atoms with E-state index in [4.69, 9.17) is 9.72 Å². The Morgan fingerprint density at radius 1 is 1.13 bits per heavy atom. The molecule has 1 amide bonds. The highest BCUT2D eigenvalue weighted by atomic mass is 32.2.